The lowest BCUT2D eigenvalue weighted by Crippen LogP contribution is -2.40. The quantitative estimate of drug-likeness (QED) is 0.869. The van der Waals surface area contributed by atoms with Gasteiger partial charge in [0.2, 0.25) is 0 Å². The van der Waals surface area contributed by atoms with Gasteiger partial charge in [-0.25, -0.2) is 0 Å². The average molecular weight is 236 g/mol. The lowest BCUT2D eigenvalue weighted by atomic mass is 9.93. The van der Waals surface area contributed by atoms with Crippen molar-refractivity contribution in [3.63, 3.8) is 0 Å². The molecule has 84 valence electrons. The standard InChI is InChI=1S/C10H11F2NO.ClH/c11-10(12)14-9-4-2-1-3-8(9)7-5-13-6-7;/h1-4,7,10,13H,5-6H2;1H. The largest absolute Gasteiger partial charge is 0.435 e. The normalized spacial score (nSPS) is 15.7. The van der Waals surface area contributed by atoms with E-state index in [2.05, 4.69) is 10.1 Å². The minimum absolute atomic E-state index is 0. The molecule has 1 N–H and O–H groups in total. The molecule has 0 unspecified atom stereocenters. The fourth-order valence-electron chi connectivity index (χ4n) is 1.53. The maximum Gasteiger partial charge on any atom is 0.387 e. The van der Waals surface area contributed by atoms with Crippen LogP contribution in [0, 0.1) is 0 Å². The number of benzene rings is 1. The van der Waals surface area contributed by atoms with Crippen LogP contribution in [0.15, 0.2) is 24.3 Å². The zero-order chi connectivity index (χ0) is 9.97. The fourth-order valence-corrected chi connectivity index (χ4v) is 1.53. The smallest absolute Gasteiger partial charge is 0.387 e. The van der Waals surface area contributed by atoms with Crippen molar-refractivity contribution in [2.45, 2.75) is 12.5 Å². The van der Waals surface area contributed by atoms with Gasteiger partial charge in [0, 0.05) is 19.0 Å². The Balaban J connectivity index is 0.00000112. The van der Waals surface area contributed by atoms with Crippen LogP contribution < -0.4 is 10.1 Å². The van der Waals surface area contributed by atoms with Crippen LogP contribution in [0.2, 0.25) is 0 Å². The highest BCUT2D eigenvalue weighted by atomic mass is 35.5. The molecule has 2 nitrogen and oxygen atoms in total. The Morgan fingerprint density at radius 3 is 2.47 bits per heavy atom. The number of halogens is 3. The number of rotatable bonds is 3. The average Bonchev–Trinajstić information content (AvgIpc) is 2.04. The third-order valence-electron chi connectivity index (χ3n) is 2.36. The Morgan fingerprint density at radius 2 is 1.93 bits per heavy atom. The van der Waals surface area contributed by atoms with Gasteiger partial charge in [0.25, 0.3) is 0 Å². The first-order valence-electron chi connectivity index (χ1n) is 4.52. The molecule has 1 aliphatic rings. The molecule has 0 aliphatic carbocycles. The molecule has 1 saturated heterocycles. The summed E-state index contributed by atoms with van der Waals surface area (Å²) in [5.74, 6) is 0.610. The lowest BCUT2D eigenvalue weighted by Gasteiger charge is -2.28. The van der Waals surface area contributed by atoms with Crippen LogP contribution >= 0.6 is 12.4 Å². The van der Waals surface area contributed by atoms with Gasteiger partial charge >= 0.3 is 6.61 Å². The zero-order valence-corrected chi connectivity index (χ0v) is 8.77. The molecule has 0 atom stereocenters. The second-order valence-corrected chi connectivity index (χ2v) is 3.27. The van der Waals surface area contributed by atoms with E-state index in [4.69, 9.17) is 0 Å². The minimum atomic E-state index is -2.75. The monoisotopic (exact) mass is 235 g/mol. The molecule has 0 bridgehead atoms. The van der Waals surface area contributed by atoms with E-state index in [0.717, 1.165) is 18.7 Å². The molecule has 0 aromatic heterocycles. The van der Waals surface area contributed by atoms with Gasteiger partial charge in [-0.2, -0.15) is 8.78 Å². The van der Waals surface area contributed by atoms with Crippen molar-refractivity contribution in [3.05, 3.63) is 29.8 Å². The number of hydrogen-bond acceptors (Lipinski definition) is 2. The summed E-state index contributed by atoms with van der Waals surface area (Å²) in [5.41, 5.74) is 0.867. The maximum atomic E-state index is 12.0. The molecule has 1 heterocycles. The Kier molecular flexibility index (Phi) is 4.29. The van der Waals surface area contributed by atoms with E-state index < -0.39 is 6.61 Å². The van der Waals surface area contributed by atoms with Crippen LogP contribution in [-0.4, -0.2) is 19.7 Å². The molecule has 1 aromatic rings. The Hall–Kier alpha value is -0.870. The Bertz CT molecular complexity index is 318. The van der Waals surface area contributed by atoms with Gasteiger partial charge in [0.1, 0.15) is 5.75 Å². The van der Waals surface area contributed by atoms with Crippen LogP contribution in [0.3, 0.4) is 0 Å². The summed E-state index contributed by atoms with van der Waals surface area (Å²) in [5, 5.41) is 3.10. The SMILES string of the molecule is Cl.FC(F)Oc1ccccc1C1CNC1. The van der Waals surface area contributed by atoms with E-state index in [1.165, 1.54) is 0 Å². The second-order valence-electron chi connectivity index (χ2n) is 3.27. The highest BCUT2D eigenvalue weighted by Gasteiger charge is 2.22. The second kappa shape index (κ2) is 5.28. The van der Waals surface area contributed by atoms with Crippen molar-refractivity contribution in [1.82, 2.24) is 5.32 Å². The Labute approximate surface area is 93.0 Å². The maximum absolute atomic E-state index is 12.0. The molecule has 1 aromatic carbocycles. The molecule has 15 heavy (non-hydrogen) atoms. The van der Waals surface area contributed by atoms with Gasteiger partial charge in [-0.05, 0) is 11.6 Å². The molecule has 0 spiro atoms. The summed E-state index contributed by atoms with van der Waals surface area (Å²) in [6.07, 6.45) is 0. The first kappa shape index (κ1) is 12.2. The third kappa shape index (κ3) is 2.79. The van der Waals surface area contributed by atoms with E-state index in [1.54, 1.807) is 12.1 Å². The summed E-state index contributed by atoms with van der Waals surface area (Å²) < 4.78 is 28.5. The number of alkyl halides is 2. The van der Waals surface area contributed by atoms with E-state index >= 15 is 0 Å². The van der Waals surface area contributed by atoms with Gasteiger partial charge < -0.3 is 10.1 Å². The first-order chi connectivity index (χ1) is 6.77. The molecule has 5 heteroatoms. The molecule has 2 rings (SSSR count). The summed E-state index contributed by atoms with van der Waals surface area (Å²) in [4.78, 5) is 0. The van der Waals surface area contributed by atoms with Crippen molar-refractivity contribution in [2.75, 3.05) is 13.1 Å². The van der Waals surface area contributed by atoms with Crippen molar-refractivity contribution in [3.8, 4) is 5.75 Å². The van der Waals surface area contributed by atoms with Crippen molar-refractivity contribution < 1.29 is 13.5 Å². The molecule has 0 radical (unpaired) electrons. The highest BCUT2D eigenvalue weighted by molar-refractivity contribution is 5.85. The third-order valence-corrected chi connectivity index (χ3v) is 2.36. The highest BCUT2D eigenvalue weighted by Crippen LogP contribution is 2.29. The number of hydrogen-bond donors (Lipinski definition) is 1. The van der Waals surface area contributed by atoms with Gasteiger partial charge in [0.05, 0.1) is 0 Å². The predicted molar refractivity (Wildman–Crippen MR) is 55.9 cm³/mol. The first-order valence-corrected chi connectivity index (χ1v) is 4.52. The molecule has 1 fully saturated rings. The predicted octanol–water partition coefficient (Wildman–Crippen LogP) is 2.40. The van der Waals surface area contributed by atoms with E-state index in [0.29, 0.717) is 11.7 Å². The topological polar surface area (TPSA) is 21.3 Å². The summed E-state index contributed by atoms with van der Waals surface area (Å²) in [7, 11) is 0. The fraction of sp³-hybridized carbons (Fsp3) is 0.400. The molecule has 1 aliphatic heterocycles. The van der Waals surface area contributed by atoms with Crippen molar-refractivity contribution in [2.24, 2.45) is 0 Å². The molecule has 0 saturated carbocycles. The van der Waals surface area contributed by atoms with E-state index in [-0.39, 0.29) is 12.4 Å². The Morgan fingerprint density at radius 1 is 1.27 bits per heavy atom. The molecular formula is C10H12ClF2NO. The van der Waals surface area contributed by atoms with E-state index in [9.17, 15) is 8.78 Å². The number of para-hydroxylation sites is 1. The summed E-state index contributed by atoms with van der Waals surface area (Å²) in [6, 6.07) is 6.96. The summed E-state index contributed by atoms with van der Waals surface area (Å²) >= 11 is 0. The van der Waals surface area contributed by atoms with E-state index in [1.807, 2.05) is 12.1 Å². The lowest BCUT2D eigenvalue weighted by molar-refractivity contribution is -0.0507. The van der Waals surface area contributed by atoms with Crippen molar-refractivity contribution in [1.29, 1.82) is 0 Å². The van der Waals surface area contributed by atoms with Crippen LogP contribution in [0.1, 0.15) is 11.5 Å². The van der Waals surface area contributed by atoms with Crippen LogP contribution in [0.25, 0.3) is 0 Å². The van der Waals surface area contributed by atoms with Crippen LogP contribution in [0.4, 0.5) is 8.78 Å². The zero-order valence-electron chi connectivity index (χ0n) is 7.95. The van der Waals surface area contributed by atoms with Crippen molar-refractivity contribution >= 4 is 12.4 Å². The van der Waals surface area contributed by atoms with Gasteiger partial charge in [-0.3, -0.25) is 0 Å². The number of nitrogens with one attached hydrogen (secondary N) is 1. The molecule has 0 amide bonds. The van der Waals surface area contributed by atoms with Gasteiger partial charge in [-0.15, -0.1) is 12.4 Å². The minimum Gasteiger partial charge on any atom is -0.435 e. The van der Waals surface area contributed by atoms with Crippen LogP contribution in [-0.2, 0) is 0 Å². The summed E-state index contributed by atoms with van der Waals surface area (Å²) in [6.45, 7) is -1.07. The van der Waals surface area contributed by atoms with Gasteiger partial charge in [0.15, 0.2) is 0 Å². The number of ether oxygens (including phenoxy) is 1. The van der Waals surface area contributed by atoms with Gasteiger partial charge in [-0.1, -0.05) is 18.2 Å². The van der Waals surface area contributed by atoms with Crippen LogP contribution in [0.5, 0.6) is 5.75 Å². The molecular weight excluding hydrogens is 224 g/mol.